The first-order chi connectivity index (χ1) is 14.4. The van der Waals surface area contributed by atoms with E-state index in [1.165, 1.54) is 6.07 Å². The van der Waals surface area contributed by atoms with Gasteiger partial charge in [0.1, 0.15) is 11.5 Å². The van der Waals surface area contributed by atoms with Gasteiger partial charge >= 0.3 is 0 Å². The Morgan fingerprint density at radius 1 is 1.20 bits per heavy atom. The normalized spacial score (nSPS) is 12.7. The van der Waals surface area contributed by atoms with Gasteiger partial charge < -0.3 is 10.2 Å². The van der Waals surface area contributed by atoms with Crippen LogP contribution in [0, 0.1) is 6.92 Å². The van der Waals surface area contributed by atoms with Crippen molar-refractivity contribution in [2.75, 3.05) is 26.0 Å². The molecule has 4 heterocycles. The Morgan fingerprint density at radius 2 is 2.03 bits per heavy atom. The van der Waals surface area contributed by atoms with E-state index in [4.69, 9.17) is 0 Å². The molecule has 156 valence electrons. The molecule has 9 nitrogen and oxygen atoms in total. The average molecular weight is 406 g/mol. The number of hydrogen-bond acceptors (Lipinski definition) is 7. The SMILES string of the molecule is CC[C@@H](CCNc1ccc2nc(-c3cnc4nc(C)nn4c3)cc(=O)n2c1)N(C)C. The number of hydrogen-bond donors (Lipinski definition) is 1. The van der Waals surface area contributed by atoms with E-state index in [9.17, 15) is 4.79 Å². The fourth-order valence-corrected chi connectivity index (χ4v) is 3.58. The van der Waals surface area contributed by atoms with Crippen molar-refractivity contribution in [1.82, 2.24) is 33.9 Å². The summed E-state index contributed by atoms with van der Waals surface area (Å²) in [4.78, 5) is 28.1. The fraction of sp³-hybridized carbons (Fsp3) is 0.381. The second kappa shape index (κ2) is 8.19. The third kappa shape index (κ3) is 4.02. The number of fused-ring (bicyclic) bond motifs is 2. The van der Waals surface area contributed by atoms with Gasteiger partial charge in [0.15, 0.2) is 0 Å². The number of nitrogens with zero attached hydrogens (tertiary/aromatic N) is 7. The van der Waals surface area contributed by atoms with Crippen LogP contribution in [0.3, 0.4) is 0 Å². The van der Waals surface area contributed by atoms with Crippen LogP contribution in [0.5, 0.6) is 0 Å². The first kappa shape index (κ1) is 20.0. The lowest BCUT2D eigenvalue weighted by molar-refractivity contribution is 0.276. The van der Waals surface area contributed by atoms with E-state index in [0.717, 1.165) is 25.1 Å². The van der Waals surface area contributed by atoms with Gasteiger partial charge in [0.25, 0.3) is 11.3 Å². The van der Waals surface area contributed by atoms with Crippen molar-refractivity contribution in [1.29, 1.82) is 0 Å². The topological polar surface area (TPSA) is 92.7 Å². The van der Waals surface area contributed by atoms with Gasteiger partial charge in [-0.3, -0.25) is 9.20 Å². The molecule has 0 fully saturated rings. The molecule has 0 aliphatic rings. The van der Waals surface area contributed by atoms with Crippen LogP contribution in [-0.4, -0.2) is 60.5 Å². The molecule has 0 spiro atoms. The highest BCUT2D eigenvalue weighted by Crippen LogP contribution is 2.17. The van der Waals surface area contributed by atoms with Crippen LogP contribution in [0.25, 0.3) is 22.7 Å². The van der Waals surface area contributed by atoms with Gasteiger partial charge in [-0.2, -0.15) is 10.1 Å². The summed E-state index contributed by atoms with van der Waals surface area (Å²) in [5, 5.41) is 7.68. The minimum Gasteiger partial charge on any atom is -0.384 e. The van der Waals surface area contributed by atoms with Crippen molar-refractivity contribution in [3.05, 3.63) is 53.0 Å². The van der Waals surface area contributed by atoms with Gasteiger partial charge in [0, 0.05) is 42.8 Å². The van der Waals surface area contributed by atoms with Crippen LogP contribution in [-0.2, 0) is 0 Å². The summed E-state index contributed by atoms with van der Waals surface area (Å²) in [6.45, 7) is 4.84. The molecular weight excluding hydrogens is 380 g/mol. The van der Waals surface area contributed by atoms with Gasteiger partial charge in [-0.1, -0.05) is 6.92 Å². The lowest BCUT2D eigenvalue weighted by Gasteiger charge is -2.23. The molecule has 0 aromatic carbocycles. The average Bonchev–Trinajstić information content (AvgIpc) is 3.10. The third-order valence-electron chi connectivity index (χ3n) is 5.26. The van der Waals surface area contributed by atoms with Gasteiger partial charge in [0.05, 0.1) is 11.4 Å². The molecule has 1 N–H and O–H groups in total. The lowest BCUT2D eigenvalue weighted by atomic mass is 10.1. The third-order valence-corrected chi connectivity index (χ3v) is 5.26. The maximum Gasteiger partial charge on any atom is 0.258 e. The molecule has 4 aromatic rings. The molecule has 0 amide bonds. The summed E-state index contributed by atoms with van der Waals surface area (Å²) in [6, 6.07) is 5.85. The minimum absolute atomic E-state index is 0.145. The molecule has 4 rings (SSSR count). The van der Waals surface area contributed by atoms with Crippen LogP contribution in [0.1, 0.15) is 25.6 Å². The van der Waals surface area contributed by atoms with Crippen LogP contribution in [0.15, 0.2) is 41.6 Å². The predicted octanol–water partition coefficient (Wildman–Crippen LogP) is 2.25. The molecule has 0 radical (unpaired) electrons. The first-order valence-corrected chi connectivity index (χ1v) is 10.1. The molecule has 30 heavy (non-hydrogen) atoms. The molecule has 0 saturated carbocycles. The van der Waals surface area contributed by atoms with Crippen molar-refractivity contribution < 1.29 is 0 Å². The number of aromatic nitrogens is 6. The van der Waals surface area contributed by atoms with E-state index < -0.39 is 0 Å². The zero-order chi connectivity index (χ0) is 21.3. The van der Waals surface area contributed by atoms with Crippen LogP contribution >= 0.6 is 0 Å². The highest BCUT2D eigenvalue weighted by atomic mass is 16.1. The van der Waals surface area contributed by atoms with E-state index >= 15 is 0 Å². The number of nitrogens with one attached hydrogen (secondary N) is 1. The summed E-state index contributed by atoms with van der Waals surface area (Å²) < 4.78 is 3.15. The first-order valence-electron chi connectivity index (χ1n) is 10.1. The summed E-state index contributed by atoms with van der Waals surface area (Å²) in [6.07, 6.45) is 7.38. The molecule has 4 aromatic heterocycles. The summed E-state index contributed by atoms with van der Waals surface area (Å²) in [7, 11) is 4.20. The van der Waals surface area contributed by atoms with E-state index in [0.29, 0.717) is 34.5 Å². The van der Waals surface area contributed by atoms with E-state index in [-0.39, 0.29) is 5.56 Å². The van der Waals surface area contributed by atoms with Gasteiger partial charge in [0.2, 0.25) is 0 Å². The van der Waals surface area contributed by atoms with E-state index in [1.807, 2.05) is 19.1 Å². The fourth-order valence-electron chi connectivity index (χ4n) is 3.58. The highest BCUT2D eigenvalue weighted by Gasteiger charge is 2.10. The Hall–Kier alpha value is -3.33. The van der Waals surface area contributed by atoms with Crippen molar-refractivity contribution in [2.45, 2.75) is 32.7 Å². The quantitative estimate of drug-likeness (QED) is 0.503. The molecule has 0 saturated heterocycles. The Bertz CT molecular complexity index is 1240. The predicted molar refractivity (Wildman–Crippen MR) is 117 cm³/mol. The monoisotopic (exact) mass is 406 g/mol. The Balaban J connectivity index is 1.58. The van der Waals surface area contributed by atoms with Gasteiger partial charge in [-0.15, -0.1) is 0 Å². The molecule has 1 atom stereocenters. The number of aryl methyl sites for hydroxylation is 1. The number of rotatable bonds is 7. The molecule has 0 unspecified atom stereocenters. The maximum atomic E-state index is 12.7. The molecule has 0 bridgehead atoms. The molecule has 0 aliphatic heterocycles. The van der Waals surface area contributed by atoms with E-state index in [1.54, 1.807) is 27.5 Å². The summed E-state index contributed by atoms with van der Waals surface area (Å²) >= 11 is 0. The molecule has 9 heteroatoms. The van der Waals surface area contributed by atoms with Crippen molar-refractivity contribution in [3.63, 3.8) is 0 Å². The molecular formula is C21H26N8O. The van der Waals surface area contributed by atoms with Gasteiger partial charge in [-0.25, -0.2) is 14.5 Å². The Labute approximate surface area is 174 Å². The highest BCUT2D eigenvalue weighted by molar-refractivity contribution is 5.61. The largest absolute Gasteiger partial charge is 0.384 e. The van der Waals surface area contributed by atoms with Crippen LogP contribution < -0.4 is 10.9 Å². The van der Waals surface area contributed by atoms with Gasteiger partial charge in [-0.05, 0) is 46.0 Å². The Morgan fingerprint density at radius 3 is 2.80 bits per heavy atom. The van der Waals surface area contributed by atoms with Crippen molar-refractivity contribution in [2.24, 2.45) is 0 Å². The zero-order valence-electron chi connectivity index (χ0n) is 17.7. The van der Waals surface area contributed by atoms with Crippen LogP contribution in [0.4, 0.5) is 5.69 Å². The summed E-state index contributed by atoms with van der Waals surface area (Å²) in [5.41, 5.74) is 2.60. The van der Waals surface area contributed by atoms with Crippen LogP contribution in [0.2, 0.25) is 0 Å². The lowest BCUT2D eigenvalue weighted by Crippen LogP contribution is -2.29. The minimum atomic E-state index is -0.145. The molecule has 0 aliphatic carbocycles. The zero-order valence-corrected chi connectivity index (χ0v) is 17.7. The van der Waals surface area contributed by atoms with E-state index in [2.05, 4.69) is 51.3 Å². The smallest absolute Gasteiger partial charge is 0.258 e. The second-order valence-electron chi connectivity index (χ2n) is 7.61. The second-order valence-corrected chi connectivity index (χ2v) is 7.61. The number of pyridine rings is 1. The maximum absolute atomic E-state index is 12.7. The van der Waals surface area contributed by atoms with Crippen molar-refractivity contribution in [3.8, 4) is 11.3 Å². The standard InChI is InChI=1S/C21H26N8O/c1-5-17(27(3)4)8-9-22-16-6-7-19-25-18(10-20(30)28(19)13-16)15-11-23-21-24-14(2)26-29(21)12-15/h6-7,10-13,17,22H,5,8-9H2,1-4H3/t17-/m0/s1. The Kier molecular flexibility index (Phi) is 5.45. The summed E-state index contributed by atoms with van der Waals surface area (Å²) in [5.74, 6) is 1.16. The van der Waals surface area contributed by atoms with Crippen molar-refractivity contribution >= 4 is 17.1 Å². The number of anilines is 1.